The molecule has 8 nitrogen and oxygen atoms in total. The van der Waals surface area contributed by atoms with E-state index in [4.69, 9.17) is 47.1 Å². The number of hydrogen-bond donors (Lipinski definition) is 1. The van der Waals surface area contributed by atoms with Gasteiger partial charge in [0.05, 0.1) is 32.8 Å². The molecule has 198 valence electrons. The second kappa shape index (κ2) is 12.8. The van der Waals surface area contributed by atoms with Gasteiger partial charge in [-0.15, -0.1) is 23.2 Å². The highest BCUT2D eigenvalue weighted by molar-refractivity contribution is 6.50. The topological polar surface area (TPSA) is 87.6 Å². The predicted molar refractivity (Wildman–Crippen MR) is 138 cm³/mol. The molecule has 1 fully saturated rings. The fourth-order valence-corrected chi connectivity index (χ4v) is 3.89. The number of hydrogen-bond acceptors (Lipinski definition) is 8. The Morgan fingerprint density at radius 3 is 2.59 bits per heavy atom. The maximum atomic E-state index is 14.7. The van der Waals surface area contributed by atoms with Gasteiger partial charge < -0.3 is 19.0 Å². The third kappa shape index (κ3) is 7.38. The number of carbonyl (C=O) groups is 1. The van der Waals surface area contributed by atoms with Crippen LogP contribution in [0.5, 0.6) is 5.75 Å². The van der Waals surface area contributed by atoms with Crippen LogP contribution in [0.25, 0.3) is 5.57 Å². The van der Waals surface area contributed by atoms with Crippen molar-refractivity contribution in [1.82, 2.24) is 5.48 Å². The molecule has 1 aliphatic rings. The van der Waals surface area contributed by atoms with Gasteiger partial charge in [0.2, 0.25) is 0 Å². The predicted octanol–water partition coefficient (Wildman–Crippen LogP) is 5.14. The molecule has 0 saturated heterocycles. The summed E-state index contributed by atoms with van der Waals surface area (Å²) < 4.78 is 29.3. The molecule has 1 N–H and O–H groups in total. The number of hydroxylamine groups is 1. The lowest BCUT2D eigenvalue weighted by molar-refractivity contribution is -0.133. The minimum absolute atomic E-state index is 0.0401. The molecule has 0 bridgehead atoms. The Kier molecular flexibility index (Phi) is 9.79. The van der Waals surface area contributed by atoms with Gasteiger partial charge >= 0.3 is 5.97 Å². The highest BCUT2D eigenvalue weighted by Gasteiger charge is 2.52. The molecule has 1 atom stereocenters. The molecule has 0 radical (unpaired) electrons. The quantitative estimate of drug-likeness (QED) is 0.0918. The monoisotopic (exact) mass is 552 g/mol. The van der Waals surface area contributed by atoms with Crippen LogP contribution >= 0.6 is 23.2 Å². The molecule has 1 saturated carbocycles. The summed E-state index contributed by atoms with van der Waals surface area (Å²) in [5, 5.41) is 3.94. The van der Waals surface area contributed by atoms with E-state index in [0.717, 1.165) is 0 Å². The van der Waals surface area contributed by atoms with Crippen LogP contribution in [-0.4, -0.2) is 44.0 Å². The number of esters is 1. The fraction of sp³-hybridized carbons (Fsp3) is 0.308. The second-order valence-electron chi connectivity index (χ2n) is 8.03. The van der Waals surface area contributed by atoms with Crippen LogP contribution in [-0.2, 0) is 30.6 Å². The van der Waals surface area contributed by atoms with Gasteiger partial charge in [-0.1, -0.05) is 36.0 Å². The fourth-order valence-electron chi connectivity index (χ4n) is 3.39. The van der Waals surface area contributed by atoms with Gasteiger partial charge in [0.1, 0.15) is 29.3 Å². The number of halogens is 3. The third-order valence-electron chi connectivity index (χ3n) is 5.44. The van der Waals surface area contributed by atoms with Crippen LogP contribution in [0.1, 0.15) is 23.1 Å². The summed E-state index contributed by atoms with van der Waals surface area (Å²) in [6.45, 7) is 4.16. The largest absolute Gasteiger partial charge is 0.503 e. The number of ether oxygens (including phenoxy) is 3. The summed E-state index contributed by atoms with van der Waals surface area (Å²) in [6, 6.07) is 11.4. The zero-order valence-electron chi connectivity index (χ0n) is 20.6. The van der Waals surface area contributed by atoms with Crippen LogP contribution in [0.3, 0.4) is 0 Å². The lowest BCUT2D eigenvalue weighted by Gasteiger charge is -2.15. The number of oxime groups is 1. The van der Waals surface area contributed by atoms with Crippen molar-refractivity contribution in [2.75, 3.05) is 27.9 Å². The van der Waals surface area contributed by atoms with Crippen molar-refractivity contribution in [2.45, 2.75) is 17.4 Å². The Morgan fingerprint density at radius 1 is 1.24 bits per heavy atom. The third-order valence-corrected chi connectivity index (χ3v) is 6.37. The summed E-state index contributed by atoms with van der Waals surface area (Å²) in [4.78, 5) is 22.7. The van der Waals surface area contributed by atoms with Crippen molar-refractivity contribution in [3.05, 3.63) is 83.5 Å². The normalized spacial score (nSPS) is 16.5. The lowest BCUT2D eigenvalue weighted by Crippen LogP contribution is -2.22. The zero-order chi connectivity index (χ0) is 27.0. The summed E-state index contributed by atoms with van der Waals surface area (Å²) in [7, 11) is 4.07. The molecule has 37 heavy (non-hydrogen) atoms. The Hall–Kier alpha value is -3.27. The number of nitrogens with zero attached hydrogens (tertiary/aromatic N) is 1. The Morgan fingerprint density at radius 2 is 1.97 bits per heavy atom. The highest BCUT2D eigenvalue weighted by atomic mass is 35.5. The van der Waals surface area contributed by atoms with Crippen molar-refractivity contribution in [3.8, 4) is 5.75 Å². The molecule has 2 aromatic carbocycles. The zero-order valence-corrected chi connectivity index (χ0v) is 22.1. The number of allylic oxidation sites excluding steroid dienone is 1. The molecule has 11 heteroatoms. The number of benzene rings is 2. The minimum Gasteiger partial charge on any atom is -0.503 e. The minimum atomic E-state index is -0.806. The van der Waals surface area contributed by atoms with Gasteiger partial charge in [0, 0.05) is 11.5 Å². The van der Waals surface area contributed by atoms with Gasteiger partial charge in [0.15, 0.2) is 11.6 Å². The molecule has 0 aliphatic heterocycles. The SMILES string of the molecule is C=C(NOCc1ccccc1C(=COC)C(=O)OC)C(=NOC)c1ccc(OCC2CC2(Cl)Cl)c(F)c1. The molecular formula is C26H27Cl2FN2O6. The molecule has 0 aromatic heterocycles. The molecule has 3 rings (SSSR count). The average molecular weight is 553 g/mol. The summed E-state index contributed by atoms with van der Waals surface area (Å²) in [5.41, 5.74) is 4.95. The summed E-state index contributed by atoms with van der Waals surface area (Å²) in [5.74, 6) is -1.13. The van der Waals surface area contributed by atoms with Gasteiger partial charge in [0.25, 0.3) is 0 Å². The van der Waals surface area contributed by atoms with Crippen LogP contribution in [0, 0.1) is 11.7 Å². The van der Waals surface area contributed by atoms with E-state index in [1.807, 2.05) is 0 Å². The van der Waals surface area contributed by atoms with E-state index in [0.29, 0.717) is 23.1 Å². The average Bonchev–Trinajstić information content (AvgIpc) is 3.50. The van der Waals surface area contributed by atoms with E-state index in [9.17, 15) is 9.18 Å². The Bertz CT molecular complexity index is 1200. The van der Waals surface area contributed by atoms with E-state index < -0.39 is 16.1 Å². The molecule has 2 aromatic rings. The Labute approximate surface area is 224 Å². The molecular weight excluding hydrogens is 526 g/mol. The van der Waals surface area contributed by atoms with Crippen LogP contribution in [0.4, 0.5) is 4.39 Å². The van der Waals surface area contributed by atoms with Crippen molar-refractivity contribution >= 4 is 40.5 Å². The van der Waals surface area contributed by atoms with Crippen molar-refractivity contribution < 1.29 is 33.1 Å². The first kappa shape index (κ1) is 28.3. The van der Waals surface area contributed by atoms with Gasteiger partial charge in [-0.3, -0.25) is 10.3 Å². The van der Waals surface area contributed by atoms with Crippen LogP contribution in [0.2, 0.25) is 0 Å². The maximum Gasteiger partial charge on any atom is 0.341 e. The van der Waals surface area contributed by atoms with E-state index in [-0.39, 0.29) is 41.9 Å². The van der Waals surface area contributed by atoms with Gasteiger partial charge in [-0.2, -0.15) is 0 Å². The number of methoxy groups -OCH3 is 2. The first-order chi connectivity index (χ1) is 17.7. The molecule has 0 amide bonds. The van der Waals surface area contributed by atoms with Gasteiger partial charge in [-0.25, -0.2) is 9.18 Å². The van der Waals surface area contributed by atoms with E-state index >= 15 is 0 Å². The molecule has 0 spiro atoms. The van der Waals surface area contributed by atoms with Crippen molar-refractivity contribution in [2.24, 2.45) is 11.1 Å². The number of nitrogens with one attached hydrogen (secondary N) is 1. The van der Waals surface area contributed by atoms with Crippen molar-refractivity contribution in [1.29, 1.82) is 0 Å². The number of alkyl halides is 2. The van der Waals surface area contributed by atoms with Crippen molar-refractivity contribution in [3.63, 3.8) is 0 Å². The number of rotatable bonds is 13. The first-order valence-corrected chi connectivity index (χ1v) is 11.9. The summed E-state index contributed by atoms with van der Waals surface area (Å²) in [6.07, 6.45) is 1.90. The maximum absolute atomic E-state index is 14.7. The van der Waals surface area contributed by atoms with Crippen LogP contribution in [0.15, 0.2) is 66.2 Å². The second-order valence-corrected chi connectivity index (χ2v) is 9.57. The molecule has 1 unspecified atom stereocenters. The lowest BCUT2D eigenvalue weighted by atomic mass is 10.0. The summed E-state index contributed by atoms with van der Waals surface area (Å²) >= 11 is 12.0. The molecule has 1 aliphatic carbocycles. The van der Waals surface area contributed by atoms with Crippen LogP contribution < -0.4 is 10.2 Å². The van der Waals surface area contributed by atoms with E-state index in [1.54, 1.807) is 30.3 Å². The number of carbonyl (C=O) groups excluding carboxylic acids is 1. The van der Waals surface area contributed by atoms with E-state index in [1.165, 1.54) is 39.7 Å². The highest BCUT2D eigenvalue weighted by Crippen LogP contribution is 2.53. The smallest absolute Gasteiger partial charge is 0.341 e. The van der Waals surface area contributed by atoms with Gasteiger partial charge in [-0.05, 0) is 35.7 Å². The Balaban J connectivity index is 1.67. The first-order valence-electron chi connectivity index (χ1n) is 11.1. The molecule has 0 heterocycles. The standard InChI is InChI=1S/C26H27Cl2FN2O6/c1-16(30-37-13-18-7-5-6-8-20(18)21(15-33-2)25(32)34-3)24(31-35-4)17-9-10-23(22(29)11-17)36-14-19-12-26(19,27)28/h5-11,15,19,30H,1,12-14H2,2-4H3. The van der Waals surface area contributed by atoms with E-state index in [2.05, 4.69) is 17.2 Å².